The van der Waals surface area contributed by atoms with Gasteiger partial charge in [-0.1, -0.05) is 36.4 Å². The van der Waals surface area contributed by atoms with E-state index in [1.807, 2.05) is 31.2 Å². The topological polar surface area (TPSA) is 92.8 Å². The largest absolute Gasteiger partial charge is 0.462 e. The van der Waals surface area contributed by atoms with Gasteiger partial charge in [-0.3, -0.25) is 4.79 Å². The number of benzene rings is 2. The van der Waals surface area contributed by atoms with Gasteiger partial charge in [-0.2, -0.15) is 0 Å². The Morgan fingerprint density at radius 1 is 1.06 bits per heavy atom. The summed E-state index contributed by atoms with van der Waals surface area (Å²) >= 11 is 0. The maximum absolute atomic E-state index is 12.8. The first-order valence-electron chi connectivity index (χ1n) is 10.4. The fourth-order valence-electron chi connectivity index (χ4n) is 3.67. The van der Waals surface area contributed by atoms with Crippen LogP contribution >= 0.6 is 0 Å². The van der Waals surface area contributed by atoms with E-state index in [1.54, 1.807) is 31.2 Å². The number of anilines is 1. The zero-order chi connectivity index (χ0) is 22.4. The molecule has 1 amide bonds. The van der Waals surface area contributed by atoms with Crippen LogP contribution in [-0.2, 0) is 25.3 Å². The van der Waals surface area contributed by atoms with E-state index in [2.05, 4.69) is 5.32 Å². The van der Waals surface area contributed by atoms with Gasteiger partial charge in [0.2, 0.25) is 15.9 Å². The van der Waals surface area contributed by atoms with E-state index >= 15 is 0 Å². The number of amides is 1. The molecule has 1 N–H and O–H groups in total. The molecule has 0 spiro atoms. The molecule has 1 aliphatic heterocycles. The van der Waals surface area contributed by atoms with Crippen LogP contribution in [-0.4, -0.2) is 44.3 Å². The highest BCUT2D eigenvalue weighted by molar-refractivity contribution is 7.88. The highest BCUT2D eigenvalue weighted by Gasteiger charge is 2.31. The summed E-state index contributed by atoms with van der Waals surface area (Å²) in [7, 11) is -3.45. The molecule has 0 atom stereocenters. The van der Waals surface area contributed by atoms with Gasteiger partial charge in [0, 0.05) is 19.0 Å². The number of nitrogens with one attached hydrogen (secondary N) is 1. The Bertz CT molecular complexity index is 1040. The van der Waals surface area contributed by atoms with Gasteiger partial charge in [0.05, 0.1) is 23.6 Å². The molecule has 1 fully saturated rings. The second-order valence-corrected chi connectivity index (χ2v) is 9.58. The summed E-state index contributed by atoms with van der Waals surface area (Å²) in [6, 6.07) is 14.2. The van der Waals surface area contributed by atoms with Crippen molar-refractivity contribution in [2.75, 3.05) is 25.0 Å². The molecule has 1 aliphatic rings. The van der Waals surface area contributed by atoms with E-state index in [9.17, 15) is 18.0 Å². The van der Waals surface area contributed by atoms with E-state index in [0.29, 0.717) is 37.2 Å². The summed E-state index contributed by atoms with van der Waals surface area (Å²) in [6.07, 6.45) is 0.862. The summed E-state index contributed by atoms with van der Waals surface area (Å²) in [5.41, 5.74) is 2.44. The van der Waals surface area contributed by atoms with Gasteiger partial charge in [-0.25, -0.2) is 17.5 Å². The molecule has 0 unspecified atom stereocenters. The molecule has 7 nitrogen and oxygen atoms in total. The number of para-hydroxylation sites is 1. The maximum atomic E-state index is 12.8. The fraction of sp³-hybridized carbons (Fsp3) is 0.391. The van der Waals surface area contributed by atoms with Crippen LogP contribution in [0, 0.1) is 12.8 Å². The van der Waals surface area contributed by atoms with Crippen LogP contribution in [0.15, 0.2) is 48.5 Å². The highest BCUT2D eigenvalue weighted by atomic mass is 32.2. The van der Waals surface area contributed by atoms with E-state index in [1.165, 1.54) is 4.31 Å². The monoisotopic (exact) mass is 444 g/mol. The van der Waals surface area contributed by atoms with Crippen LogP contribution in [0.4, 0.5) is 5.69 Å². The maximum Gasteiger partial charge on any atom is 0.340 e. The minimum Gasteiger partial charge on any atom is -0.462 e. The fourth-order valence-corrected chi connectivity index (χ4v) is 5.34. The second-order valence-electron chi connectivity index (χ2n) is 7.61. The van der Waals surface area contributed by atoms with Crippen molar-refractivity contribution in [3.63, 3.8) is 0 Å². The first-order valence-corrected chi connectivity index (χ1v) is 12.0. The molecule has 166 valence electrons. The predicted octanol–water partition coefficient (Wildman–Crippen LogP) is 3.35. The highest BCUT2D eigenvalue weighted by Crippen LogP contribution is 2.25. The zero-order valence-electron chi connectivity index (χ0n) is 17.8. The van der Waals surface area contributed by atoms with Crippen molar-refractivity contribution in [1.29, 1.82) is 0 Å². The number of hydrogen-bond acceptors (Lipinski definition) is 5. The van der Waals surface area contributed by atoms with Gasteiger partial charge < -0.3 is 10.1 Å². The van der Waals surface area contributed by atoms with Gasteiger partial charge in [-0.15, -0.1) is 0 Å². The Balaban J connectivity index is 1.60. The third-order valence-electron chi connectivity index (χ3n) is 5.50. The first kappa shape index (κ1) is 23.0. The number of esters is 1. The molecular weight excluding hydrogens is 416 g/mol. The average molecular weight is 445 g/mol. The molecule has 1 saturated heterocycles. The van der Waals surface area contributed by atoms with Crippen LogP contribution in [0.1, 0.15) is 41.3 Å². The van der Waals surface area contributed by atoms with Crippen molar-refractivity contribution in [3.05, 3.63) is 65.2 Å². The van der Waals surface area contributed by atoms with Gasteiger partial charge in [0.25, 0.3) is 0 Å². The summed E-state index contributed by atoms with van der Waals surface area (Å²) in [5, 5.41) is 2.81. The summed E-state index contributed by atoms with van der Waals surface area (Å²) in [4.78, 5) is 24.9. The lowest BCUT2D eigenvalue weighted by Gasteiger charge is -2.30. The number of nitrogens with zero attached hydrogens (tertiary/aromatic N) is 1. The normalized spacial score (nSPS) is 15.4. The molecule has 2 aromatic rings. The van der Waals surface area contributed by atoms with Crippen molar-refractivity contribution in [2.45, 2.75) is 32.4 Å². The Hall–Kier alpha value is -2.71. The Labute approximate surface area is 183 Å². The number of piperidine rings is 1. The number of rotatable bonds is 7. The Kier molecular flexibility index (Phi) is 7.46. The van der Waals surface area contributed by atoms with Crippen molar-refractivity contribution in [1.82, 2.24) is 4.31 Å². The second kappa shape index (κ2) is 10.1. The number of aryl methyl sites for hydroxylation is 1. The molecule has 31 heavy (non-hydrogen) atoms. The van der Waals surface area contributed by atoms with Gasteiger partial charge >= 0.3 is 5.97 Å². The number of carbonyl (C=O) groups excluding carboxylic acids is 2. The molecule has 0 aromatic heterocycles. The standard InChI is InChI=1S/C23H28N2O5S/c1-3-30-23(27)20-10-6-7-11-21(20)24-22(26)18-12-14-25(15-13-18)31(28,29)16-19-9-5-4-8-17(19)2/h4-11,18H,3,12-16H2,1-2H3,(H,24,26). The Morgan fingerprint density at radius 2 is 1.71 bits per heavy atom. The third-order valence-corrected chi connectivity index (χ3v) is 7.33. The molecule has 2 aromatic carbocycles. The van der Waals surface area contributed by atoms with E-state index < -0.39 is 16.0 Å². The Morgan fingerprint density at radius 3 is 2.39 bits per heavy atom. The van der Waals surface area contributed by atoms with Gasteiger partial charge in [0.1, 0.15) is 0 Å². The molecule has 0 radical (unpaired) electrons. The van der Waals surface area contributed by atoms with Gasteiger partial charge in [-0.05, 0) is 49.9 Å². The van der Waals surface area contributed by atoms with E-state index in [0.717, 1.165) is 11.1 Å². The lowest BCUT2D eigenvalue weighted by Crippen LogP contribution is -2.42. The molecule has 0 saturated carbocycles. The van der Waals surface area contributed by atoms with Gasteiger partial charge in [0.15, 0.2) is 0 Å². The van der Waals surface area contributed by atoms with Crippen molar-refractivity contribution < 1.29 is 22.7 Å². The quantitative estimate of drug-likeness (QED) is 0.661. The molecule has 8 heteroatoms. The van der Waals surface area contributed by atoms with E-state index in [4.69, 9.17) is 4.74 Å². The van der Waals surface area contributed by atoms with E-state index in [-0.39, 0.29) is 24.2 Å². The average Bonchev–Trinajstić information content (AvgIpc) is 2.76. The smallest absolute Gasteiger partial charge is 0.340 e. The van der Waals surface area contributed by atoms with Crippen molar-refractivity contribution in [2.24, 2.45) is 5.92 Å². The lowest BCUT2D eigenvalue weighted by atomic mass is 9.97. The van der Waals surface area contributed by atoms with Crippen LogP contribution in [0.5, 0.6) is 0 Å². The van der Waals surface area contributed by atoms with Crippen LogP contribution in [0.3, 0.4) is 0 Å². The number of carbonyl (C=O) groups is 2. The summed E-state index contributed by atoms with van der Waals surface area (Å²) in [5.74, 6) is -1.06. The molecule has 3 rings (SSSR count). The molecular formula is C23H28N2O5S. The van der Waals surface area contributed by atoms with Crippen molar-refractivity contribution in [3.8, 4) is 0 Å². The minimum absolute atomic E-state index is 0.0382. The molecule has 0 aliphatic carbocycles. The first-order chi connectivity index (χ1) is 14.8. The van der Waals surface area contributed by atoms with Crippen LogP contribution in [0.25, 0.3) is 0 Å². The number of sulfonamides is 1. The molecule has 0 bridgehead atoms. The zero-order valence-corrected chi connectivity index (χ0v) is 18.7. The predicted molar refractivity (Wildman–Crippen MR) is 119 cm³/mol. The number of hydrogen-bond donors (Lipinski definition) is 1. The summed E-state index contributed by atoms with van der Waals surface area (Å²) < 4.78 is 32.2. The minimum atomic E-state index is -3.45. The molecule has 1 heterocycles. The lowest BCUT2D eigenvalue weighted by molar-refractivity contribution is -0.120. The third kappa shape index (κ3) is 5.71. The number of ether oxygens (including phenoxy) is 1. The summed E-state index contributed by atoms with van der Waals surface area (Å²) in [6.45, 7) is 4.46. The van der Waals surface area contributed by atoms with Crippen LogP contribution in [0.2, 0.25) is 0 Å². The van der Waals surface area contributed by atoms with Crippen LogP contribution < -0.4 is 5.32 Å². The van der Waals surface area contributed by atoms with Crippen molar-refractivity contribution >= 4 is 27.6 Å². The SMILES string of the molecule is CCOC(=O)c1ccccc1NC(=O)C1CCN(S(=O)(=O)Cc2ccccc2C)CC1.